The lowest BCUT2D eigenvalue weighted by Crippen LogP contribution is -2.61. The minimum atomic E-state index is -1.28. The molecule has 16 heavy (non-hydrogen) atoms. The molecule has 0 saturated carbocycles. The minimum Gasteiger partial charge on any atom is -0.389 e. The molecule has 1 unspecified atom stereocenters. The van der Waals surface area contributed by atoms with Crippen molar-refractivity contribution in [2.45, 2.75) is 30.5 Å². The van der Waals surface area contributed by atoms with Gasteiger partial charge in [0.15, 0.2) is 0 Å². The van der Waals surface area contributed by atoms with Gasteiger partial charge in [0, 0.05) is 6.54 Å². The fourth-order valence-electron chi connectivity index (χ4n) is 1.77. The van der Waals surface area contributed by atoms with Gasteiger partial charge in [-0.3, -0.25) is 0 Å². The number of H-pyrrole nitrogens is 1. The number of piperidine rings is 1. The average molecular weight is 230 g/mol. The van der Waals surface area contributed by atoms with Gasteiger partial charge in [0.05, 0.1) is 18.3 Å². The average Bonchev–Trinajstić information content (AvgIpc) is 2.79. The highest BCUT2D eigenvalue weighted by Gasteiger charge is 2.40. The summed E-state index contributed by atoms with van der Waals surface area (Å²) < 4.78 is 0. The molecule has 1 aromatic rings. The number of aromatic nitrogens is 3. The Kier molecular flexibility index (Phi) is 3.17. The minimum absolute atomic E-state index is 0.0950. The number of aromatic amines is 1. The van der Waals surface area contributed by atoms with Crippen LogP contribution in [0.15, 0.2) is 6.20 Å². The third-order valence-electron chi connectivity index (χ3n) is 2.75. The van der Waals surface area contributed by atoms with Crippen LogP contribution < -0.4 is 5.32 Å². The molecular weight excluding hydrogens is 216 g/mol. The predicted molar refractivity (Wildman–Crippen MR) is 51.2 cm³/mol. The van der Waals surface area contributed by atoms with E-state index in [-0.39, 0.29) is 12.2 Å². The summed E-state index contributed by atoms with van der Waals surface area (Å²) in [5, 5.41) is 50.6. The standard InChI is InChI=1S/C8H14N4O4/c13-4-2-9-5(8(16)7(4)15)6(14)3-1-10-12-11-3/h1,4-9,13-16H,2H2,(H,10,11,12)/t4-,5+,6?,7+,8+/m0/s1. The molecule has 1 aliphatic rings. The monoisotopic (exact) mass is 230 g/mol. The van der Waals surface area contributed by atoms with Crippen molar-refractivity contribution in [2.24, 2.45) is 0 Å². The lowest BCUT2D eigenvalue weighted by atomic mass is 9.91. The zero-order valence-corrected chi connectivity index (χ0v) is 8.35. The van der Waals surface area contributed by atoms with Gasteiger partial charge in [0.1, 0.15) is 24.0 Å². The van der Waals surface area contributed by atoms with E-state index in [1.807, 2.05) is 0 Å². The van der Waals surface area contributed by atoms with Gasteiger partial charge in [-0.1, -0.05) is 0 Å². The number of aliphatic hydroxyl groups excluding tert-OH is 4. The summed E-state index contributed by atoms with van der Waals surface area (Å²) >= 11 is 0. The number of rotatable bonds is 2. The number of nitrogens with zero attached hydrogens (tertiary/aromatic N) is 2. The Morgan fingerprint density at radius 1 is 1.31 bits per heavy atom. The van der Waals surface area contributed by atoms with Gasteiger partial charge in [0.2, 0.25) is 0 Å². The van der Waals surface area contributed by atoms with E-state index in [0.717, 1.165) is 0 Å². The first-order valence-corrected chi connectivity index (χ1v) is 4.92. The maximum absolute atomic E-state index is 9.87. The molecule has 0 aromatic carbocycles. The zero-order chi connectivity index (χ0) is 11.7. The van der Waals surface area contributed by atoms with E-state index >= 15 is 0 Å². The first-order chi connectivity index (χ1) is 7.61. The van der Waals surface area contributed by atoms with Crippen LogP contribution in [0.2, 0.25) is 0 Å². The third kappa shape index (κ3) is 1.93. The summed E-state index contributed by atoms with van der Waals surface area (Å²) in [4.78, 5) is 0. The van der Waals surface area contributed by atoms with E-state index in [2.05, 4.69) is 20.7 Å². The second-order valence-corrected chi connectivity index (χ2v) is 3.82. The molecule has 6 N–H and O–H groups in total. The van der Waals surface area contributed by atoms with E-state index in [9.17, 15) is 20.4 Å². The predicted octanol–water partition coefficient (Wildman–Crippen LogP) is -3.11. The molecule has 0 amide bonds. The summed E-state index contributed by atoms with van der Waals surface area (Å²) in [6.45, 7) is 0.0950. The molecule has 0 aliphatic carbocycles. The Labute approximate surface area is 90.9 Å². The molecular formula is C8H14N4O4. The fraction of sp³-hybridized carbons (Fsp3) is 0.750. The van der Waals surface area contributed by atoms with Gasteiger partial charge in [-0.05, 0) is 0 Å². The van der Waals surface area contributed by atoms with E-state index in [1.54, 1.807) is 0 Å². The molecule has 0 radical (unpaired) electrons. The Hall–Kier alpha value is -1.06. The molecule has 2 rings (SSSR count). The maximum atomic E-state index is 9.87. The van der Waals surface area contributed by atoms with Crippen molar-refractivity contribution < 1.29 is 20.4 Å². The van der Waals surface area contributed by atoms with Crippen molar-refractivity contribution in [1.29, 1.82) is 0 Å². The molecule has 90 valence electrons. The Bertz CT molecular complexity index is 333. The topological polar surface area (TPSA) is 135 Å². The van der Waals surface area contributed by atoms with Crippen molar-refractivity contribution in [3.8, 4) is 0 Å². The van der Waals surface area contributed by atoms with Gasteiger partial charge >= 0.3 is 0 Å². The second kappa shape index (κ2) is 4.44. The summed E-state index contributed by atoms with van der Waals surface area (Å²) in [6, 6.07) is -0.788. The van der Waals surface area contributed by atoms with Crippen LogP contribution in [0.4, 0.5) is 0 Å². The van der Waals surface area contributed by atoms with Gasteiger partial charge < -0.3 is 25.7 Å². The van der Waals surface area contributed by atoms with Crippen molar-refractivity contribution in [3.63, 3.8) is 0 Å². The first kappa shape index (κ1) is 11.4. The number of hydrogen-bond acceptors (Lipinski definition) is 7. The molecule has 5 atom stereocenters. The van der Waals surface area contributed by atoms with Gasteiger partial charge in [-0.25, -0.2) is 0 Å². The molecule has 8 heteroatoms. The van der Waals surface area contributed by atoms with Crippen molar-refractivity contribution in [2.75, 3.05) is 6.54 Å². The van der Waals surface area contributed by atoms with Crippen molar-refractivity contribution >= 4 is 0 Å². The SMILES string of the molecule is OC(c1cn[nH]n1)[C@H]1NC[C@H](O)[C@@H](O)[C@@H]1O. The van der Waals surface area contributed by atoms with E-state index in [1.165, 1.54) is 6.20 Å². The molecule has 1 saturated heterocycles. The van der Waals surface area contributed by atoms with Gasteiger partial charge in [-0.2, -0.15) is 15.4 Å². The summed E-state index contributed by atoms with van der Waals surface area (Å²) in [5.74, 6) is 0. The third-order valence-corrected chi connectivity index (χ3v) is 2.75. The summed E-state index contributed by atoms with van der Waals surface area (Å²) in [7, 11) is 0. The summed E-state index contributed by atoms with van der Waals surface area (Å²) in [6.07, 6.45) is -3.37. The molecule has 2 heterocycles. The highest BCUT2D eigenvalue weighted by Crippen LogP contribution is 2.21. The van der Waals surface area contributed by atoms with E-state index < -0.39 is 30.5 Å². The van der Waals surface area contributed by atoms with Crippen LogP contribution in [0.25, 0.3) is 0 Å². The smallest absolute Gasteiger partial charge is 0.117 e. The highest BCUT2D eigenvalue weighted by molar-refractivity contribution is 5.06. The largest absolute Gasteiger partial charge is 0.389 e. The zero-order valence-electron chi connectivity index (χ0n) is 8.35. The quantitative estimate of drug-likeness (QED) is 0.316. The molecule has 1 aliphatic heterocycles. The van der Waals surface area contributed by atoms with Crippen LogP contribution in [0, 0.1) is 0 Å². The Morgan fingerprint density at radius 3 is 2.69 bits per heavy atom. The molecule has 1 fully saturated rings. The summed E-state index contributed by atoms with van der Waals surface area (Å²) in [5.41, 5.74) is 0.264. The van der Waals surface area contributed by atoms with Crippen LogP contribution in [0.5, 0.6) is 0 Å². The number of aliphatic hydroxyl groups is 4. The van der Waals surface area contributed by atoms with Crippen LogP contribution >= 0.6 is 0 Å². The van der Waals surface area contributed by atoms with Crippen LogP contribution in [-0.2, 0) is 0 Å². The number of nitrogens with one attached hydrogen (secondary N) is 2. The fourth-order valence-corrected chi connectivity index (χ4v) is 1.77. The van der Waals surface area contributed by atoms with Crippen LogP contribution in [0.1, 0.15) is 11.8 Å². The van der Waals surface area contributed by atoms with Crippen LogP contribution in [0.3, 0.4) is 0 Å². The lowest BCUT2D eigenvalue weighted by molar-refractivity contribution is -0.114. The van der Waals surface area contributed by atoms with E-state index in [4.69, 9.17) is 0 Å². The normalized spacial score (nSPS) is 37.2. The Morgan fingerprint density at radius 2 is 2.06 bits per heavy atom. The Balaban J connectivity index is 2.10. The molecule has 8 nitrogen and oxygen atoms in total. The maximum Gasteiger partial charge on any atom is 0.117 e. The second-order valence-electron chi connectivity index (χ2n) is 3.82. The number of hydrogen-bond donors (Lipinski definition) is 6. The van der Waals surface area contributed by atoms with Crippen LogP contribution in [-0.4, -0.2) is 66.7 Å². The van der Waals surface area contributed by atoms with Gasteiger partial charge in [-0.15, -0.1) is 0 Å². The molecule has 1 aromatic heterocycles. The van der Waals surface area contributed by atoms with Crippen molar-refractivity contribution in [1.82, 2.24) is 20.7 Å². The van der Waals surface area contributed by atoms with E-state index in [0.29, 0.717) is 0 Å². The first-order valence-electron chi connectivity index (χ1n) is 4.92. The molecule has 0 bridgehead atoms. The van der Waals surface area contributed by atoms with Gasteiger partial charge in [0.25, 0.3) is 0 Å². The number of β-amino-alcohol motifs (C(OH)–C–C–N with tert-alkyl or cyclic N) is 1. The lowest BCUT2D eigenvalue weighted by Gasteiger charge is -2.37. The molecule has 0 spiro atoms. The van der Waals surface area contributed by atoms with Crippen molar-refractivity contribution in [3.05, 3.63) is 11.9 Å². The highest BCUT2D eigenvalue weighted by atomic mass is 16.4.